The van der Waals surface area contributed by atoms with Crippen LogP contribution in [0.3, 0.4) is 0 Å². The standard InChI is InChI=1S/C15H28N2O4/c1-10-6-11(12(18)19)8-17(7-10)13(20)16-9-14(2,3)15(4,5)21/h10-11,21H,6-9H2,1-5H3,(H,16,20)(H,18,19). The lowest BCUT2D eigenvalue weighted by Crippen LogP contribution is -2.53. The molecule has 2 unspecified atom stereocenters. The summed E-state index contributed by atoms with van der Waals surface area (Å²) >= 11 is 0. The molecule has 1 rings (SSSR count). The molecule has 1 heterocycles. The summed E-state index contributed by atoms with van der Waals surface area (Å²) in [5.41, 5.74) is -1.39. The van der Waals surface area contributed by atoms with E-state index in [0.29, 0.717) is 19.5 Å². The van der Waals surface area contributed by atoms with E-state index in [4.69, 9.17) is 5.11 Å². The second-order valence-electron chi connectivity index (χ2n) is 7.38. The van der Waals surface area contributed by atoms with Gasteiger partial charge in [0.05, 0.1) is 11.5 Å². The van der Waals surface area contributed by atoms with Gasteiger partial charge in [-0.2, -0.15) is 0 Å². The average Bonchev–Trinajstić information content (AvgIpc) is 2.33. The Morgan fingerprint density at radius 3 is 2.29 bits per heavy atom. The van der Waals surface area contributed by atoms with Gasteiger partial charge in [0.25, 0.3) is 0 Å². The summed E-state index contributed by atoms with van der Waals surface area (Å²) in [6, 6.07) is -0.259. The number of urea groups is 1. The van der Waals surface area contributed by atoms with Crippen LogP contribution in [-0.4, -0.2) is 52.3 Å². The summed E-state index contributed by atoms with van der Waals surface area (Å²) in [6.07, 6.45) is 0.605. The number of nitrogens with zero attached hydrogens (tertiary/aromatic N) is 1. The quantitative estimate of drug-likeness (QED) is 0.734. The normalized spacial score (nSPS) is 23.8. The highest BCUT2D eigenvalue weighted by atomic mass is 16.4. The fraction of sp³-hybridized carbons (Fsp3) is 0.867. The summed E-state index contributed by atoms with van der Waals surface area (Å²) in [5, 5.41) is 22.0. The first-order valence-corrected chi connectivity index (χ1v) is 7.42. The average molecular weight is 300 g/mol. The van der Waals surface area contributed by atoms with E-state index in [-0.39, 0.29) is 18.5 Å². The van der Waals surface area contributed by atoms with E-state index in [9.17, 15) is 14.7 Å². The SMILES string of the molecule is CC1CC(C(=O)O)CN(C(=O)NCC(C)(C)C(C)(C)O)C1. The lowest BCUT2D eigenvalue weighted by Gasteiger charge is -2.39. The van der Waals surface area contributed by atoms with Crippen LogP contribution in [0.5, 0.6) is 0 Å². The van der Waals surface area contributed by atoms with Gasteiger partial charge in [-0.3, -0.25) is 4.79 Å². The molecule has 2 atom stereocenters. The topological polar surface area (TPSA) is 89.9 Å². The molecule has 6 heteroatoms. The molecule has 1 aliphatic rings. The summed E-state index contributed by atoms with van der Waals surface area (Å²) in [5.74, 6) is -1.18. The van der Waals surface area contributed by atoms with E-state index < -0.39 is 22.9 Å². The number of amides is 2. The van der Waals surface area contributed by atoms with Gasteiger partial charge in [-0.15, -0.1) is 0 Å². The summed E-state index contributed by atoms with van der Waals surface area (Å²) in [7, 11) is 0. The zero-order valence-electron chi connectivity index (χ0n) is 13.6. The Kier molecular flexibility index (Phi) is 5.25. The van der Waals surface area contributed by atoms with Crippen LogP contribution >= 0.6 is 0 Å². The van der Waals surface area contributed by atoms with E-state index in [1.165, 1.54) is 0 Å². The fourth-order valence-corrected chi connectivity index (χ4v) is 2.32. The molecule has 0 aromatic heterocycles. The molecule has 1 saturated heterocycles. The van der Waals surface area contributed by atoms with E-state index in [1.54, 1.807) is 18.7 Å². The predicted octanol–water partition coefficient (Wildman–Crippen LogP) is 1.54. The first-order chi connectivity index (χ1) is 9.44. The van der Waals surface area contributed by atoms with Gasteiger partial charge in [0.2, 0.25) is 0 Å². The number of carbonyl (C=O) groups is 2. The van der Waals surface area contributed by atoms with Crippen LogP contribution in [0.15, 0.2) is 0 Å². The summed E-state index contributed by atoms with van der Waals surface area (Å²) in [4.78, 5) is 24.9. The number of carboxylic acids is 1. The van der Waals surface area contributed by atoms with Crippen LogP contribution in [0.2, 0.25) is 0 Å². The van der Waals surface area contributed by atoms with Gasteiger partial charge in [0, 0.05) is 25.0 Å². The molecule has 0 bridgehead atoms. The van der Waals surface area contributed by atoms with E-state index in [0.717, 1.165) is 0 Å². The van der Waals surface area contributed by atoms with Crippen molar-refractivity contribution in [2.45, 2.75) is 46.6 Å². The summed E-state index contributed by atoms with van der Waals surface area (Å²) < 4.78 is 0. The van der Waals surface area contributed by atoms with E-state index in [1.807, 2.05) is 20.8 Å². The number of nitrogens with one attached hydrogen (secondary N) is 1. The zero-order chi connectivity index (χ0) is 16.4. The van der Waals surface area contributed by atoms with Gasteiger partial charge >= 0.3 is 12.0 Å². The molecule has 0 aromatic carbocycles. The molecule has 0 radical (unpaired) electrons. The Bertz CT molecular complexity index is 401. The van der Waals surface area contributed by atoms with Gasteiger partial charge in [-0.25, -0.2) is 4.79 Å². The zero-order valence-corrected chi connectivity index (χ0v) is 13.6. The Balaban J connectivity index is 2.61. The lowest BCUT2D eigenvalue weighted by atomic mass is 9.77. The van der Waals surface area contributed by atoms with Gasteiger partial charge < -0.3 is 20.4 Å². The largest absolute Gasteiger partial charge is 0.481 e. The molecule has 0 aromatic rings. The second kappa shape index (κ2) is 6.22. The van der Waals surface area contributed by atoms with Crippen LogP contribution in [0.1, 0.15) is 41.0 Å². The minimum absolute atomic E-state index is 0.174. The number of hydrogen-bond donors (Lipinski definition) is 3. The van der Waals surface area contributed by atoms with E-state index >= 15 is 0 Å². The Hall–Kier alpha value is -1.30. The molecular formula is C15H28N2O4. The van der Waals surface area contributed by atoms with Crippen molar-refractivity contribution in [3.8, 4) is 0 Å². The highest BCUT2D eigenvalue weighted by molar-refractivity contribution is 5.76. The minimum atomic E-state index is -0.918. The molecule has 3 N–H and O–H groups in total. The van der Waals surface area contributed by atoms with E-state index in [2.05, 4.69) is 5.32 Å². The Morgan fingerprint density at radius 1 is 1.24 bits per heavy atom. The molecule has 0 aliphatic carbocycles. The van der Waals surface area contributed by atoms with Crippen molar-refractivity contribution in [3.05, 3.63) is 0 Å². The molecule has 6 nitrogen and oxygen atoms in total. The van der Waals surface area contributed by atoms with Crippen molar-refractivity contribution in [2.75, 3.05) is 19.6 Å². The maximum absolute atomic E-state index is 12.2. The Labute approximate surface area is 126 Å². The third kappa shape index (κ3) is 4.59. The molecular weight excluding hydrogens is 272 g/mol. The molecule has 2 amide bonds. The van der Waals surface area contributed by atoms with Crippen molar-refractivity contribution in [1.82, 2.24) is 10.2 Å². The predicted molar refractivity (Wildman–Crippen MR) is 80.0 cm³/mol. The van der Waals surface area contributed by atoms with Crippen molar-refractivity contribution in [2.24, 2.45) is 17.3 Å². The minimum Gasteiger partial charge on any atom is -0.481 e. The van der Waals surface area contributed by atoms with Crippen molar-refractivity contribution >= 4 is 12.0 Å². The number of carbonyl (C=O) groups excluding carboxylic acids is 1. The third-order valence-electron chi connectivity index (χ3n) is 4.63. The summed E-state index contributed by atoms with van der Waals surface area (Å²) in [6.45, 7) is 10.3. The molecule has 0 spiro atoms. The monoisotopic (exact) mass is 300 g/mol. The number of likely N-dealkylation sites (tertiary alicyclic amines) is 1. The number of aliphatic hydroxyl groups is 1. The lowest BCUT2D eigenvalue weighted by molar-refractivity contribution is -0.143. The van der Waals surface area contributed by atoms with Gasteiger partial charge in [-0.05, 0) is 26.2 Å². The Morgan fingerprint density at radius 2 is 1.81 bits per heavy atom. The van der Waals surface area contributed by atoms with Crippen molar-refractivity contribution in [1.29, 1.82) is 0 Å². The third-order valence-corrected chi connectivity index (χ3v) is 4.63. The molecule has 21 heavy (non-hydrogen) atoms. The number of piperidine rings is 1. The highest BCUT2D eigenvalue weighted by Gasteiger charge is 2.37. The first-order valence-electron chi connectivity index (χ1n) is 7.42. The van der Waals surface area contributed by atoms with Crippen LogP contribution in [-0.2, 0) is 4.79 Å². The fourth-order valence-electron chi connectivity index (χ4n) is 2.32. The van der Waals surface area contributed by atoms with Crippen LogP contribution in [0.4, 0.5) is 4.79 Å². The molecule has 1 fully saturated rings. The first kappa shape index (κ1) is 17.8. The van der Waals surface area contributed by atoms with Gasteiger partial charge in [0.15, 0.2) is 0 Å². The van der Waals surface area contributed by atoms with Crippen molar-refractivity contribution < 1.29 is 19.8 Å². The number of rotatable bonds is 4. The highest BCUT2D eigenvalue weighted by Crippen LogP contribution is 2.29. The van der Waals surface area contributed by atoms with Gasteiger partial charge in [0.1, 0.15) is 0 Å². The van der Waals surface area contributed by atoms with Crippen molar-refractivity contribution in [3.63, 3.8) is 0 Å². The number of carboxylic acid groups (broad SMARTS) is 1. The van der Waals surface area contributed by atoms with Gasteiger partial charge in [-0.1, -0.05) is 20.8 Å². The van der Waals surface area contributed by atoms with Crippen LogP contribution in [0.25, 0.3) is 0 Å². The maximum Gasteiger partial charge on any atom is 0.317 e. The molecule has 122 valence electrons. The van der Waals surface area contributed by atoms with Crippen LogP contribution in [0, 0.1) is 17.3 Å². The molecule has 1 aliphatic heterocycles. The second-order valence-corrected chi connectivity index (χ2v) is 7.38. The maximum atomic E-state index is 12.2. The smallest absolute Gasteiger partial charge is 0.317 e. The van der Waals surface area contributed by atoms with Crippen LogP contribution < -0.4 is 5.32 Å². The number of aliphatic carboxylic acids is 1. The molecule has 0 saturated carbocycles. The number of hydrogen-bond acceptors (Lipinski definition) is 3.